The average molecular weight is 407 g/mol. The molecule has 1 aliphatic carbocycles. The Balaban J connectivity index is 1.70. The van der Waals surface area contributed by atoms with E-state index in [0.717, 1.165) is 25.7 Å². The summed E-state index contributed by atoms with van der Waals surface area (Å²) >= 11 is 0. The topological polar surface area (TPSA) is 115 Å². The van der Waals surface area contributed by atoms with E-state index < -0.39 is 23.8 Å². The Labute approximate surface area is 168 Å². The molecule has 1 aromatic rings. The normalized spacial score (nSPS) is 20.5. The second kappa shape index (κ2) is 9.75. The summed E-state index contributed by atoms with van der Waals surface area (Å²) in [5, 5.41) is 13.8. The summed E-state index contributed by atoms with van der Waals surface area (Å²) in [5.74, 6) is -1.97. The Hall–Kier alpha value is -2.59. The summed E-state index contributed by atoms with van der Waals surface area (Å²) in [7, 11) is 0. The number of carbonyl (C=O) groups is 3. The van der Waals surface area contributed by atoms with Gasteiger partial charge >= 0.3 is 0 Å². The van der Waals surface area contributed by atoms with Crippen molar-refractivity contribution in [2.24, 2.45) is 11.8 Å². The average Bonchev–Trinajstić information content (AvgIpc) is 3.40. The molecule has 158 valence electrons. The van der Waals surface area contributed by atoms with Crippen LogP contribution in [0.4, 0.5) is 10.1 Å². The smallest absolute Gasteiger partial charge is 0.248 e. The van der Waals surface area contributed by atoms with Gasteiger partial charge < -0.3 is 5.32 Å². The van der Waals surface area contributed by atoms with Gasteiger partial charge in [0.05, 0.1) is 18.2 Å². The number of pyridine rings is 1. The number of rotatable bonds is 8. The van der Waals surface area contributed by atoms with Crippen LogP contribution in [0.5, 0.6) is 0 Å². The minimum Gasteiger partial charge on any atom is -0.320 e. The van der Waals surface area contributed by atoms with Crippen molar-refractivity contribution >= 4 is 23.9 Å². The molecule has 1 aliphatic heterocycles. The van der Waals surface area contributed by atoms with Crippen LogP contribution < -0.4 is 10.7 Å². The van der Waals surface area contributed by atoms with Crippen LogP contribution in [0.15, 0.2) is 18.3 Å². The SMILES string of the molecule is O=CN(O)CC(CC1CCCC1)C(=O)N1NCCC1C(=O)Nc1cccnc1F. The first-order valence-electron chi connectivity index (χ1n) is 9.88. The number of amides is 3. The zero-order chi connectivity index (χ0) is 20.8. The minimum absolute atomic E-state index is 0.0539. The van der Waals surface area contributed by atoms with Crippen molar-refractivity contribution in [2.75, 3.05) is 18.4 Å². The Bertz CT molecular complexity index is 743. The fourth-order valence-corrected chi connectivity index (χ4v) is 4.10. The van der Waals surface area contributed by atoms with E-state index in [-0.39, 0.29) is 24.5 Å². The molecule has 2 heterocycles. The number of hydrogen-bond donors (Lipinski definition) is 3. The van der Waals surface area contributed by atoms with Crippen LogP contribution in [0.25, 0.3) is 0 Å². The molecular weight excluding hydrogens is 381 g/mol. The van der Waals surface area contributed by atoms with Crippen molar-refractivity contribution in [1.82, 2.24) is 20.5 Å². The molecule has 2 aliphatic rings. The molecule has 9 nitrogen and oxygen atoms in total. The van der Waals surface area contributed by atoms with Gasteiger partial charge in [-0.2, -0.15) is 4.39 Å². The van der Waals surface area contributed by atoms with Crippen LogP contribution in [0, 0.1) is 17.8 Å². The fourth-order valence-electron chi connectivity index (χ4n) is 4.10. The Morgan fingerprint density at radius 1 is 1.41 bits per heavy atom. The number of hydrazine groups is 1. The summed E-state index contributed by atoms with van der Waals surface area (Å²) < 4.78 is 13.7. The first kappa shape index (κ1) is 21.1. The van der Waals surface area contributed by atoms with Crippen LogP contribution in [0.2, 0.25) is 0 Å². The maximum absolute atomic E-state index is 13.7. The summed E-state index contributed by atoms with van der Waals surface area (Å²) in [6.07, 6.45) is 6.67. The number of aromatic nitrogens is 1. The van der Waals surface area contributed by atoms with E-state index in [9.17, 15) is 24.0 Å². The monoisotopic (exact) mass is 407 g/mol. The van der Waals surface area contributed by atoms with E-state index in [2.05, 4.69) is 15.7 Å². The maximum Gasteiger partial charge on any atom is 0.248 e. The maximum atomic E-state index is 13.7. The highest BCUT2D eigenvalue weighted by molar-refractivity contribution is 5.97. The molecule has 3 amide bonds. The summed E-state index contributed by atoms with van der Waals surface area (Å²) in [6.45, 7) is 0.272. The molecule has 10 heteroatoms. The van der Waals surface area contributed by atoms with Crippen LogP contribution in [0.1, 0.15) is 38.5 Å². The van der Waals surface area contributed by atoms with Crippen LogP contribution in [-0.4, -0.2) is 57.6 Å². The van der Waals surface area contributed by atoms with Gasteiger partial charge in [-0.05, 0) is 30.9 Å². The van der Waals surface area contributed by atoms with E-state index in [1.54, 1.807) is 0 Å². The number of hydrogen-bond acceptors (Lipinski definition) is 6. The zero-order valence-corrected chi connectivity index (χ0v) is 16.1. The zero-order valence-electron chi connectivity index (χ0n) is 16.1. The first-order chi connectivity index (χ1) is 14.0. The Kier molecular flexibility index (Phi) is 7.10. The summed E-state index contributed by atoms with van der Waals surface area (Å²) in [6, 6.07) is 2.07. The van der Waals surface area contributed by atoms with Crippen LogP contribution >= 0.6 is 0 Å². The Morgan fingerprint density at radius 2 is 2.17 bits per heavy atom. The van der Waals surface area contributed by atoms with Gasteiger partial charge in [-0.3, -0.25) is 24.6 Å². The van der Waals surface area contributed by atoms with Gasteiger partial charge in [0.1, 0.15) is 6.04 Å². The number of hydroxylamine groups is 2. The molecular formula is C19H26FN5O4. The van der Waals surface area contributed by atoms with Crippen molar-refractivity contribution < 1.29 is 24.0 Å². The predicted octanol–water partition coefficient (Wildman–Crippen LogP) is 1.31. The van der Waals surface area contributed by atoms with Gasteiger partial charge in [0, 0.05) is 12.7 Å². The Morgan fingerprint density at radius 3 is 2.86 bits per heavy atom. The lowest BCUT2D eigenvalue weighted by molar-refractivity contribution is -0.159. The molecule has 0 spiro atoms. The summed E-state index contributed by atoms with van der Waals surface area (Å²) in [4.78, 5) is 40.2. The van der Waals surface area contributed by atoms with Gasteiger partial charge in [0.15, 0.2) is 0 Å². The molecule has 2 unspecified atom stereocenters. The lowest BCUT2D eigenvalue weighted by atomic mass is 9.92. The molecule has 29 heavy (non-hydrogen) atoms. The van der Waals surface area contributed by atoms with Crippen molar-refractivity contribution in [3.05, 3.63) is 24.3 Å². The lowest BCUT2D eigenvalue weighted by Crippen LogP contribution is -2.51. The predicted molar refractivity (Wildman–Crippen MR) is 101 cm³/mol. The number of carbonyl (C=O) groups excluding carboxylic acids is 3. The van der Waals surface area contributed by atoms with Crippen molar-refractivity contribution in [3.63, 3.8) is 0 Å². The van der Waals surface area contributed by atoms with Crippen molar-refractivity contribution in [2.45, 2.75) is 44.6 Å². The number of nitrogens with one attached hydrogen (secondary N) is 2. The highest BCUT2D eigenvalue weighted by Crippen LogP contribution is 2.31. The van der Waals surface area contributed by atoms with Crippen molar-refractivity contribution in [3.8, 4) is 0 Å². The third-order valence-electron chi connectivity index (χ3n) is 5.54. The first-order valence-corrected chi connectivity index (χ1v) is 9.88. The van der Waals surface area contributed by atoms with Gasteiger partial charge in [-0.15, -0.1) is 0 Å². The second-order valence-electron chi connectivity index (χ2n) is 7.56. The molecule has 0 aromatic carbocycles. The number of halogens is 1. The van der Waals surface area contributed by atoms with E-state index in [4.69, 9.17) is 0 Å². The second-order valence-corrected chi connectivity index (χ2v) is 7.56. The highest BCUT2D eigenvalue weighted by Gasteiger charge is 2.39. The molecule has 1 saturated carbocycles. The minimum atomic E-state index is -0.823. The van der Waals surface area contributed by atoms with Gasteiger partial charge in [-0.1, -0.05) is 25.7 Å². The quantitative estimate of drug-likeness (QED) is 0.259. The molecule has 2 atom stereocenters. The van der Waals surface area contributed by atoms with E-state index in [0.29, 0.717) is 30.4 Å². The standard InChI is InChI=1S/C19H26FN5O4/c20-17-15(6-3-8-21-17)23-18(27)16-7-9-22-25(16)19(28)14(11-24(29)12-26)10-13-4-1-2-5-13/h3,6,8,12-14,16,22,29H,1-2,4-5,7,9-11H2,(H,23,27). The van der Waals surface area contributed by atoms with Gasteiger partial charge in [-0.25, -0.2) is 15.5 Å². The van der Waals surface area contributed by atoms with Gasteiger partial charge in [0.2, 0.25) is 24.2 Å². The van der Waals surface area contributed by atoms with E-state index in [1.807, 2.05) is 0 Å². The molecule has 2 fully saturated rings. The van der Waals surface area contributed by atoms with Crippen LogP contribution in [-0.2, 0) is 14.4 Å². The molecule has 0 radical (unpaired) electrons. The third-order valence-corrected chi connectivity index (χ3v) is 5.54. The molecule has 3 rings (SSSR count). The van der Waals surface area contributed by atoms with Crippen molar-refractivity contribution in [1.29, 1.82) is 0 Å². The highest BCUT2D eigenvalue weighted by atomic mass is 19.1. The fraction of sp³-hybridized carbons (Fsp3) is 0.579. The molecule has 1 saturated heterocycles. The number of anilines is 1. The largest absolute Gasteiger partial charge is 0.320 e. The molecule has 0 bridgehead atoms. The summed E-state index contributed by atoms with van der Waals surface area (Å²) in [5.41, 5.74) is 2.86. The molecule has 1 aromatic heterocycles. The van der Waals surface area contributed by atoms with Gasteiger partial charge in [0.25, 0.3) is 0 Å². The van der Waals surface area contributed by atoms with Crippen LogP contribution in [0.3, 0.4) is 0 Å². The van der Waals surface area contributed by atoms with E-state index in [1.165, 1.54) is 23.3 Å². The number of nitrogens with zero attached hydrogens (tertiary/aromatic N) is 3. The van der Waals surface area contributed by atoms with E-state index >= 15 is 0 Å². The third kappa shape index (κ3) is 5.27. The lowest BCUT2D eigenvalue weighted by Gasteiger charge is -2.29. The molecule has 3 N–H and O–H groups in total.